The Morgan fingerprint density at radius 3 is 2.54 bits per heavy atom. The zero-order valence-electron chi connectivity index (χ0n) is 7.96. The highest BCUT2D eigenvalue weighted by Crippen LogP contribution is 2.06. The van der Waals surface area contributed by atoms with E-state index >= 15 is 0 Å². The highest BCUT2D eigenvalue weighted by Gasteiger charge is 2.08. The molecule has 0 saturated carbocycles. The zero-order chi connectivity index (χ0) is 9.68. The van der Waals surface area contributed by atoms with Crippen LogP contribution in [0, 0.1) is 0 Å². The lowest BCUT2D eigenvalue weighted by Crippen LogP contribution is -2.06. The van der Waals surface area contributed by atoms with E-state index in [2.05, 4.69) is 37.6 Å². The second kappa shape index (κ2) is 5.34. The van der Waals surface area contributed by atoms with E-state index in [1.165, 1.54) is 0 Å². The molecule has 0 aliphatic carbocycles. The fourth-order valence-corrected chi connectivity index (χ4v) is 1.55. The molecule has 1 aromatic rings. The average Bonchev–Trinajstić information content (AvgIpc) is 2.56. The van der Waals surface area contributed by atoms with E-state index in [9.17, 15) is 0 Å². The molecule has 1 heterocycles. The molecule has 0 aliphatic heterocycles. The molecule has 0 radical (unpaired) electrons. The first kappa shape index (κ1) is 10.7. The van der Waals surface area contributed by atoms with Crippen LogP contribution in [0.2, 0.25) is 0 Å². The number of rotatable bonds is 5. The summed E-state index contributed by atoms with van der Waals surface area (Å²) in [5, 5.41) is 8.83. The summed E-state index contributed by atoms with van der Waals surface area (Å²) in [6.45, 7) is 6.18. The van der Waals surface area contributed by atoms with Crippen molar-refractivity contribution in [2.75, 3.05) is 6.61 Å². The summed E-state index contributed by atoms with van der Waals surface area (Å²) in [5.41, 5.74) is 0. The van der Waals surface area contributed by atoms with E-state index in [1.807, 2.05) is 6.92 Å². The second-order valence-electron chi connectivity index (χ2n) is 2.55. The first-order valence-corrected chi connectivity index (χ1v) is 5.50. The predicted octanol–water partition coefficient (Wildman–Crippen LogP) is 1.73. The van der Waals surface area contributed by atoms with Gasteiger partial charge < -0.3 is 9.30 Å². The lowest BCUT2D eigenvalue weighted by Gasteiger charge is -2.05. The molecule has 0 amide bonds. The molecular weight excluding hydrogens is 234 g/mol. The molecule has 0 bridgehead atoms. The summed E-state index contributed by atoms with van der Waals surface area (Å²) in [4.78, 5) is 0. The van der Waals surface area contributed by atoms with Gasteiger partial charge in [0.1, 0.15) is 12.4 Å². The highest BCUT2D eigenvalue weighted by molar-refractivity contribution is 9.08. The lowest BCUT2D eigenvalue weighted by molar-refractivity contribution is 0.125. The van der Waals surface area contributed by atoms with E-state index in [0.717, 1.165) is 23.5 Å². The maximum Gasteiger partial charge on any atom is 0.159 e. The molecule has 0 atom stereocenters. The Bertz CT molecular complexity index is 262. The van der Waals surface area contributed by atoms with Gasteiger partial charge in [-0.05, 0) is 13.8 Å². The van der Waals surface area contributed by atoms with Gasteiger partial charge in [-0.25, -0.2) is 0 Å². The normalized spacial score (nSPS) is 10.7. The van der Waals surface area contributed by atoms with E-state index in [-0.39, 0.29) is 0 Å². The van der Waals surface area contributed by atoms with Crippen LogP contribution < -0.4 is 0 Å². The van der Waals surface area contributed by atoms with Crippen LogP contribution in [-0.2, 0) is 23.2 Å². The van der Waals surface area contributed by atoms with Crippen molar-refractivity contribution in [3.8, 4) is 0 Å². The van der Waals surface area contributed by atoms with Crippen molar-refractivity contribution >= 4 is 15.9 Å². The summed E-state index contributed by atoms with van der Waals surface area (Å²) < 4.78 is 7.34. The minimum atomic E-state index is 0.546. The highest BCUT2D eigenvalue weighted by atomic mass is 79.9. The van der Waals surface area contributed by atoms with Crippen LogP contribution in [-0.4, -0.2) is 21.4 Å². The van der Waals surface area contributed by atoms with Crippen LogP contribution in [0.25, 0.3) is 0 Å². The van der Waals surface area contributed by atoms with Crippen LogP contribution >= 0.6 is 15.9 Å². The number of hydrogen-bond donors (Lipinski definition) is 0. The van der Waals surface area contributed by atoms with Gasteiger partial charge in [-0.3, -0.25) is 0 Å². The number of alkyl halides is 1. The fourth-order valence-electron chi connectivity index (χ4n) is 1.14. The summed E-state index contributed by atoms with van der Waals surface area (Å²) in [5.74, 6) is 1.86. The molecule has 0 saturated heterocycles. The second-order valence-corrected chi connectivity index (χ2v) is 3.11. The topological polar surface area (TPSA) is 39.9 Å². The SMILES string of the molecule is CCOCc1nnc(CBr)n1CC. The van der Waals surface area contributed by atoms with Gasteiger partial charge in [0.25, 0.3) is 0 Å². The van der Waals surface area contributed by atoms with Gasteiger partial charge in [-0.1, -0.05) is 15.9 Å². The van der Waals surface area contributed by atoms with Gasteiger partial charge in [0.05, 0.1) is 5.33 Å². The number of nitrogens with zero attached hydrogens (tertiary/aromatic N) is 3. The minimum Gasteiger partial charge on any atom is -0.374 e. The molecule has 5 heteroatoms. The van der Waals surface area contributed by atoms with Crippen molar-refractivity contribution in [1.29, 1.82) is 0 Å². The van der Waals surface area contributed by atoms with E-state index < -0.39 is 0 Å². The van der Waals surface area contributed by atoms with Crippen molar-refractivity contribution in [2.45, 2.75) is 32.3 Å². The largest absolute Gasteiger partial charge is 0.374 e. The molecule has 0 aromatic carbocycles. The van der Waals surface area contributed by atoms with Crippen molar-refractivity contribution in [3.05, 3.63) is 11.6 Å². The summed E-state index contributed by atoms with van der Waals surface area (Å²) in [7, 11) is 0. The number of halogens is 1. The molecule has 0 aliphatic rings. The summed E-state index contributed by atoms with van der Waals surface area (Å²) in [6.07, 6.45) is 0. The Morgan fingerprint density at radius 2 is 2.00 bits per heavy atom. The monoisotopic (exact) mass is 247 g/mol. The minimum absolute atomic E-state index is 0.546. The van der Waals surface area contributed by atoms with Crippen LogP contribution in [0.5, 0.6) is 0 Å². The molecule has 1 aromatic heterocycles. The third kappa shape index (κ3) is 2.51. The first-order valence-electron chi connectivity index (χ1n) is 4.38. The summed E-state index contributed by atoms with van der Waals surface area (Å²) in [6, 6.07) is 0. The molecule has 0 unspecified atom stereocenters. The van der Waals surface area contributed by atoms with E-state index in [0.29, 0.717) is 13.2 Å². The molecule has 1 rings (SSSR count). The van der Waals surface area contributed by atoms with Gasteiger partial charge in [-0.2, -0.15) is 0 Å². The molecule has 74 valence electrons. The molecule has 4 nitrogen and oxygen atoms in total. The Kier molecular flexibility index (Phi) is 4.38. The standard InChI is InChI=1S/C8H14BrN3O/c1-3-12-7(5-9)10-11-8(12)6-13-4-2/h3-6H2,1-2H3. The molecule has 13 heavy (non-hydrogen) atoms. The van der Waals surface area contributed by atoms with E-state index in [1.54, 1.807) is 0 Å². The van der Waals surface area contributed by atoms with Crippen molar-refractivity contribution in [2.24, 2.45) is 0 Å². The Labute approximate surface area is 86.4 Å². The zero-order valence-corrected chi connectivity index (χ0v) is 9.54. The van der Waals surface area contributed by atoms with Gasteiger partial charge in [0.15, 0.2) is 5.82 Å². The third-order valence-corrected chi connectivity index (χ3v) is 2.28. The van der Waals surface area contributed by atoms with Crippen molar-refractivity contribution in [3.63, 3.8) is 0 Å². The molecule has 0 spiro atoms. The van der Waals surface area contributed by atoms with E-state index in [4.69, 9.17) is 4.74 Å². The quantitative estimate of drug-likeness (QED) is 0.745. The van der Waals surface area contributed by atoms with Gasteiger partial charge in [-0.15, -0.1) is 10.2 Å². The Balaban J connectivity index is 2.75. The van der Waals surface area contributed by atoms with Gasteiger partial charge >= 0.3 is 0 Å². The molecule has 0 N–H and O–H groups in total. The van der Waals surface area contributed by atoms with Crippen molar-refractivity contribution in [1.82, 2.24) is 14.8 Å². The average molecular weight is 248 g/mol. The van der Waals surface area contributed by atoms with Crippen LogP contribution in [0.15, 0.2) is 0 Å². The van der Waals surface area contributed by atoms with Crippen molar-refractivity contribution < 1.29 is 4.74 Å². The van der Waals surface area contributed by atoms with Crippen LogP contribution in [0.1, 0.15) is 25.5 Å². The number of hydrogen-bond acceptors (Lipinski definition) is 3. The van der Waals surface area contributed by atoms with Crippen LogP contribution in [0.3, 0.4) is 0 Å². The van der Waals surface area contributed by atoms with Gasteiger partial charge in [0, 0.05) is 13.2 Å². The third-order valence-electron chi connectivity index (χ3n) is 1.78. The number of aromatic nitrogens is 3. The number of ether oxygens (including phenoxy) is 1. The molecule has 0 fully saturated rings. The Hall–Kier alpha value is -0.420. The smallest absolute Gasteiger partial charge is 0.159 e. The predicted molar refractivity (Wildman–Crippen MR) is 53.7 cm³/mol. The van der Waals surface area contributed by atoms with Crippen LogP contribution in [0.4, 0.5) is 0 Å². The lowest BCUT2D eigenvalue weighted by atomic mass is 10.5. The van der Waals surface area contributed by atoms with Gasteiger partial charge in [0.2, 0.25) is 0 Å². The maximum atomic E-state index is 5.28. The summed E-state index contributed by atoms with van der Waals surface area (Å²) >= 11 is 3.37. The first-order chi connectivity index (χ1) is 6.33. The maximum absolute atomic E-state index is 5.28. The Morgan fingerprint density at radius 1 is 1.31 bits per heavy atom. The fraction of sp³-hybridized carbons (Fsp3) is 0.750. The molecular formula is C8H14BrN3O.